The quantitative estimate of drug-likeness (QED) is 0.434. The molecule has 34 heavy (non-hydrogen) atoms. The van der Waals surface area contributed by atoms with Crippen LogP contribution in [0.2, 0.25) is 0 Å². The van der Waals surface area contributed by atoms with E-state index >= 15 is 0 Å². The molecular weight excluding hydrogens is 442 g/mol. The summed E-state index contributed by atoms with van der Waals surface area (Å²) in [6, 6.07) is 22.2. The van der Waals surface area contributed by atoms with Gasteiger partial charge >= 0.3 is 0 Å². The summed E-state index contributed by atoms with van der Waals surface area (Å²) >= 11 is 1.25. The highest BCUT2D eigenvalue weighted by molar-refractivity contribution is 7.21. The van der Waals surface area contributed by atoms with E-state index in [1.165, 1.54) is 16.9 Å². The molecule has 0 saturated carbocycles. The van der Waals surface area contributed by atoms with E-state index in [9.17, 15) is 10.1 Å². The van der Waals surface area contributed by atoms with Gasteiger partial charge in [0.2, 0.25) is 0 Å². The Morgan fingerprint density at radius 1 is 1.06 bits per heavy atom. The number of hydrogen-bond acceptors (Lipinski definition) is 6. The van der Waals surface area contributed by atoms with Crippen LogP contribution in [0.3, 0.4) is 0 Å². The van der Waals surface area contributed by atoms with E-state index in [2.05, 4.69) is 35.3 Å². The van der Waals surface area contributed by atoms with Crippen molar-refractivity contribution in [3.05, 3.63) is 76.7 Å². The number of likely N-dealkylation sites (tertiary alicyclic amines) is 1. The van der Waals surface area contributed by atoms with Crippen molar-refractivity contribution in [1.29, 1.82) is 5.26 Å². The van der Waals surface area contributed by atoms with Crippen LogP contribution < -0.4 is 11.5 Å². The number of pyridine rings is 1. The van der Waals surface area contributed by atoms with Crippen LogP contribution in [0.1, 0.15) is 33.6 Å². The van der Waals surface area contributed by atoms with Gasteiger partial charge in [0.15, 0.2) is 0 Å². The van der Waals surface area contributed by atoms with Crippen molar-refractivity contribution in [3.63, 3.8) is 0 Å². The zero-order valence-corrected chi connectivity index (χ0v) is 19.5. The fraction of sp³-hybridized carbons (Fsp3) is 0.222. The van der Waals surface area contributed by atoms with Gasteiger partial charge in [-0.1, -0.05) is 60.7 Å². The summed E-state index contributed by atoms with van der Waals surface area (Å²) in [4.78, 5) is 20.8. The van der Waals surface area contributed by atoms with Gasteiger partial charge in [-0.2, -0.15) is 5.26 Å². The highest BCUT2D eigenvalue weighted by Gasteiger charge is 2.29. The van der Waals surface area contributed by atoms with E-state index in [-0.39, 0.29) is 17.3 Å². The predicted octanol–water partition coefficient (Wildman–Crippen LogP) is 5.09. The van der Waals surface area contributed by atoms with Crippen molar-refractivity contribution >= 4 is 39.0 Å². The van der Waals surface area contributed by atoms with Crippen LogP contribution in [0, 0.1) is 17.2 Å². The Morgan fingerprint density at radius 2 is 1.71 bits per heavy atom. The number of nitriles is 1. The van der Waals surface area contributed by atoms with Crippen LogP contribution in [-0.2, 0) is 6.42 Å². The molecule has 1 aliphatic heterocycles. The number of anilines is 2. The van der Waals surface area contributed by atoms with E-state index < -0.39 is 0 Å². The topological polar surface area (TPSA) is 109 Å². The highest BCUT2D eigenvalue weighted by Crippen LogP contribution is 2.43. The predicted molar refractivity (Wildman–Crippen MR) is 137 cm³/mol. The fourth-order valence-electron chi connectivity index (χ4n) is 4.77. The number of carbonyl (C=O) groups excluding carboxylic acids is 1. The van der Waals surface area contributed by atoms with Gasteiger partial charge in [-0.25, -0.2) is 4.98 Å². The second kappa shape index (κ2) is 9.16. The molecule has 7 heteroatoms. The third-order valence-electron chi connectivity index (χ3n) is 6.54. The number of carbonyl (C=O) groups is 1. The molecule has 4 aromatic rings. The van der Waals surface area contributed by atoms with Crippen molar-refractivity contribution in [2.45, 2.75) is 19.3 Å². The van der Waals surface area contributed by atoms with Gasteiger partial charge in [0.25, 0.3) is 5.91 Å². The van der Waals surface area contributed by atoms with Gasteiger partial charge in [-0.05, 0) is 36.3 Å². The van der Waals surface area contributed by atoms with Gasteiger partial charge in [0.1, 0.15) is 27.2 Å². The summed E-state index contributed by atoms with van der Waals surface area (Å²) in [6.45, 7) is 1.41. The third kappa shape index (κ3) is 3.97. The number of amides is 1. The molecule has 1 aliphatic rings. The first-order chi connectivity index (χ1) is 16.6. The highest BCUT2D eigenvalue weighted by atomic mass is 32.1. The van der Waals surface area contributed by atoms with Crippen molar-refractivity contribution < 1.29 is 4.79 Å². The van der Waals surface area contributed by atoms with Gasteiger partial charge < -0.3 is 16.4 Å². The molecule has 5 rings (SSSR count). The number of nitrogen functional groups attached to an aromatic ring is 2. The largest absolute Gasteiger partial charge is 0.397 e. The molecule has 0 bridgehead atoms. The monoisotopic (exact) mass is 467 g/mol. The Bertz CT molecular complexity index is 1380. The van der Waals surface area contributed by atoms with E-state index in [0.29, 0.717) is 45.4 Å². The average Bonchev–Trinajstić information content (AvgIpc) is 3.20. The summed E-state index contributed by atoms with van der Waals surface area (Å²) in [5, 5.41) is 10.4. The molecule has 6 nitrogen and oxygen atoms in total. The van der Waals surface area contributed by atoms with E-state index in [0.717, 1.165) is 24.8 Å². The Hall–Kier alpha value is -3.89. The first-order valence-corrected chi connectivity index (χ1v) is 12.2. The Kier molecular flexibility index (Phi) is 5.91. The first-order valence-electron chi connectivity index (χ1n) is 11.4. The van der Waals surface area contributed by atoms with Crippen molar-refractivity contribution in [2.75, 3.05) is 24.6 Å². The maximum absolute atomic E-state index is 13.5. The van der Waals surface area contributed by atoms with Gasteiger partial charge in [0.05, 0.1) is 5.69 Å². The maximum Gasteiger partial charge on any atom is 0.266 e. The molecule has 0 spiro atoms. The number of benzene rings is 2. The lowest BCUT2D eigenvalue weighted by Crippen LogP contribution is -2.38. The Balaban J connectivity index is 1.44. The fourth-order valence-corrected chi connectivity index (χ4v) is 5.85. The maximum atomic E-state index is 13.5. The standard InChI is InChI=1S/C27H25N5OS/c28-16-20-21(19-9-5-2-6-10-19)22-23(29)24(34-26(22)31-25(20)30)27(33)32-13-11-18(12-14-32)15-17-7-3-1-4-8-17/h1-10,18H,11-15,29H2,(H2,30,31). The average molecular weight is 468 g/mol. The minimum Gasteiger partial charge on any atom is -0.397 e. The molecule has 0 atom stereocenters. The molecule has 0 unspecified atom stereocenters. The number of rotatable bonds is 4. The smallest absolute Gasteiger partial charge is 0.266 e. The molecule has 2 aromatic carbocycles. The number of fused-ring (bicyclic) bond motifs is 1. The molecular formula is C27H25N5OS. The number of aromatic nitrogens is 1. The van der Waals surface area contributed by atoms with Gasteiger partial charge in [-0.3, -0.25) is 4.79 Å². The third-order valence-corrected chi connectivity index (χ3v) is 7.63. The molecule has 0 aliphatic carbocycles. The number of nitrogens with two attached hydrogens (primary N) is 2. The molecule has 2 aromatic heterocycles. The van der Waals surface area contributed by atoms with Crippen molar-refractivity contribution in [1.82, 2.24) is 9.88 Å². The van der Waals surface area contributed by atoms with Crippen molar-refractivity contribution in [3.8, 4) is 17.2 Å². The van der Waals surface area contributed by atoms with Crippen molar-refractivity contribution in [2.24, 2.45) is 5.92 Å². The number of hydrogen-bond donors (Lipinski definition) is 2. The molecule has 1 fully saturated rings. The molecule has 1 amide bonds. The number of nitrogens with zero attached hydrogens (tertiary/aromatic N) is 3. The number of thiophene rings is 1. The van der Waals surface area contributed by atoms with Crippen LogP contribution in [0.4, 0.5) is 11.5 Å². The van der Waals surface area contributed by atoms with E-state index in [4.69, 9.17) is 11.5 Å². The summed E-state index contributed by atoms with van der Waals surface area (Å²) in [7, 11) is 0. The summed E-state index contributed by atoms with van der Waals surface area (Å²) in [5.74, 6) is 0.640. The second-order valence-electron chi connectivity index (χ2n) is 8.68. The normalized spacial score (nSPS) is 14.3. The van der Waals surface area contributed by atoms with E-state index in [1.807, 2.05) is 41.3 Å². The van der Waals surface area contributed by atoms with Gasteiger partial charge in [0, 0.05) is 24.0 Å². The molecule has 170 valence electrons. The zero-order chi connectivity index (χ0) is 23.7. The van der Waals surface area contributed by atoms with E-state index in [1.54, 1.807) is 0 Å². The lowest BCUT2D eigenvalue weighted by molar-refractivity contribution is 0.0696. The first kappa shape index (κ1) is 21.9. The molecule has 3 heterocycles. The second-order valence-corrected chi connectivity index (χ2v) is 9.67. The molecule has 1 saturated heterocycles. The SMILES string of the molecule is N#Cc1c(N)nc2sc(C(=O)N3CCC(Cc4ccccc4)CC3)c(N)c2c1-c1ccccc1. The molecule has 0 radical (unpaired) electrons. The van der Waals surface area contributed by atoms with Crippen LogP contribution in [-0.4, -0.2) is 28.9 Å². The number of piperidine rings is 1. The minimum atomic E-state index is -0.0743. The lowest BCUT2D eigenvalue weighted by atomic mass is 9.90. The van der Waals surface area contributed by atoms with Crippen LogP contribution in [0.5, 0.6) is 0 Å². The minimum absolute atomic E-state index is 0.0743. The Labute approximate surface area is 202 Å². The summed E-state index contributed by atoms with van der Waals surface area (Å²) in [6.07, 6.45) is 2.96. The van der Waals surface area contributed by atoms with Gasteiger partial charge in [-0.15, -0.1) is 11.3 Å². The Morgan fingerprint density at radius 3 is 2.35 bits per heavy atom. The van der Waals surface area contributed by atoms with Crippen LogP contribution in [0.25, 0.3) is 21.3 Å². The summed E-state index contributed by atoms with van der Waals surface area (Å²) in [5.41, 5.74) is 16.1. The zero-order valence-electron chi connectivity index (χ0n) is 18.7. The van der Waals surface area contributed by atoms with Crippen LogP contribution in [0.15, 0.2) is 60.7 Å². The van der Waals surface area contributed by atoms with Crippen LogP contribution >= 0.6 is 11.3 Å². The summed E-state index contributed by atoms with van der Waals surface area (Å²) < 4.78 is 0. The molecule has 4 N–H and O–H groups in total. The lowest BCUT2D eigenvalue weighted by Gasteiger charge is -2.32.